The Morgan fingerprint density at radius 1 is 1.57 bits per heavy atom. The molecule has 2 rings (SSSR count). The third kappa shape index (κ3) is 1.74. The van der Waals surface area contributed by atoms with Gasteiger partial charge in [-0.1, -0.05) is 6.07 Å². The first-order valence-corrected chi connectivity index (χ1v) is 4.90. The van der Waals surface area contributed by atoms with Crippen LogP contribution in [0.2, 0.25) is 0 Å². The van der Waals surface area contributed by atoms with Crippen LogP contribution in [0.1, 0.15) is 24.1 Å². The van der Waals surface area contributed by atoms with Gasteiger partial charge in [-0.3, -0.25) is 0 Å². The van der Waals surface area contributed by atoms with E-state index >= 15 is 0 Å². The topological polar surface area (TPSA) is 44.5 Å². The molecule has 0 aliphatic carbocycles. The number of rotatable bonds is 2. The molecule has 3 heteroatoms. The SMILES string of the molecule is CCOc1ccc2c(c1)[C@@H](N)COC2. The standard InChI is InChI=1S/C11H15NO2/c1-2-14-9-4-3-8-6-13-7-11(12)10(8)5-9/h3-5,11H,2,6-7,12H2,1H3/t11-/m0/s1. The molecule has 1 heterocycles. The van der Waals surface area contributed by atoms with E-state index in [-0.39, 0.29) is 6.04 Å². The van der Waals surface area contributed by atoms with E-state index in [1.807, 2.05) is 25.1 Å². The van der Waals surface area contributed by atoms with Crippen LogP contribution < -0.4 is 10.5 Å². The number of fused-ring (bicyclic) bond motifs is 1. The maximum absolute atomic E-state index is 5.93. The highest BCUT2D eigenvalue weighted by atomic mass is 16.5. The number of benzene rings is 1. The van der Waals surface area contributed by atoms with Crippen molar-refractivity contribution in [3.63, 3.8) is 0 Å². The predicted molar refractivity (Wildman–Crippen MR) is 54.2 cm³/mol. The average Bonchev–Trinajstić information content (AvgIpc) is 2.20. The second-order valence-corrected chi connectivity index (χ2v) is 3.42. The zero-order valence-electron chi connectivity index (χ0n) is 8.32. The molecule has 1 atom stereocenters. The molecule has 76 valence electrons. The van der Waals surface area contributed by atoms with Crippen molar-refractivity contribution in [2.24, 2.45) is 5.73 Å². The number of hydrogen-bond donors (Lipinski definition) is 1. The van der Waals surface area contributed by atoms with Gasteiger partial charge in [-0.15, -0.1) is 0 Å². The van der Waals surface area contributed by atoms with Crippen molar-refractivity contribution < 1.29 is 9.47 Å². The lowest BCUT2D eigenvalue weighted by molar-refractivity contribution is 0.0922. The van der Waals surface area contributed by atoms with Crippen molar-refractivity contribution in [2.75, 3.05) is 13.2 Å². The number of hydrogen-bond acceptors (Lipinski definition) is 3. The highest BCUT2D eigenvalue weighted by molar-refractivity contribution is 5.38. The minimum absolute atomic E-state index is 0.0147. The van der Waals surface area contributed by atoms with E-state index in [0.717, 1.165) is 11.3 Å². The molecule has 1 aromatic carbocycles. The van der Waals surface area contributed by atoms with Gasteiger partial charge in [0.2, 0.25) is 0 Å². The lowest BCUT2D eigenvalue weighted by Crippen LogP contribution is -2.23. The lowest BCUT2D eigenvalue weighted by Gasteiger charge is -2.23. The lowest BCUT2D eigenvalue weighted by atomic mass is 9.99. The van der Waals surface area contributed by atoms with Gasteiger partial charge >= 0.3 is 0 Å². The van der Waals surface area contributed by atoms with Gasteiger partial charge in [-0.25, -0.2) is 0 Å². The molecule has 1 aromatic rings. The molecule has 0 saturated heterocycles. The van der Waals surface area contributed by atoms with Crippen LogP contribution in [-0.4, -0.2) is 13.2 Å². The van der Waals surface area contributed by atoms with E-state index in [2.05, 4.69) is 0 Å². The van der Waals surface area contributed by atoms with Gasteiger partial charge in [0.1, 0.15) is 5.75 Å². The van der Waals surface area contributed by atoms with Gasteiger partial charge in [-0.05, 0) is 30.2 Å². The van der Waals surface area contributed by atoms with E-state index in [0.29, 0.717) is 19.8 Å². The highest BCUT2D eigenvalue weighted by Gasteiger charge is 2.17. The van der Waals surface area contributed by atoms with Crippen molar-refractivity contribution in [3.05, 3.63) is 29.3 Å². The van der Waals surface area contributed by atoms with Crippen LogP contribution in [0, 0.1) is 0 Å². The summed E-state index contributed by atoms with van der Waals surface area (Å²) in [5, 5.41) is 0. The Morgan fingerprint density at radius 2 is 2.43 bits per heavy atom. The molecule has 0 radical (unpaired) electrons. The Labute approximate surface area is 83.8 Å². The summed E-state index contributed by atoms with van der Waals surface area (Å²) in [6.45, 7) is 3.92. The Hall–Kier alpha value is -1.06. The summed E-state index contributed by atoms with van der Waals surface area (Å²) >= 11 is 0. The summed E-state index contributed by atoms with van der Waals surface area (Å²) in [4.78, 5) is 0. The fourth-order valence-electron chi connectivity index (χ4n) is 1.69. The maximum Gasteiger partial charge on any atom is 0.119 e. The zero-order chi connectivity index (χ0) is 9.97. The predicted octanol–water partition coefficient (Wildman–Crippen LogP) is 1.62. The second kappa shape index (κ2) is 3.98. The van der Waals surface area contributed by atoms with Gasteiger partial charge < -0.3 is 15.2 Å². The minimum Gasteiger partial charge on any atom is -0.494 e. The van der Waals surface area contributed by atoms with Crippen LogP contribution in [0.15, 0.2) is 18.2 Å². The molecule has 0 spiro atoms. The molecule has 3 nitrogen and oxygen atoms in total. The first-order chi connectivity index (χ1) is 6.81. The zero-order valence-corrected chi connectivity index (χ0v) is 8.32. The van der Waals surface area contributed by atoms with Gasteiger partial charge in [0.15, 0.2) is 0 Å². The quantitative estimate of drug-likeness (QED) is 0.776. The van der Waals surface area contributed by atoms with Gasteiger partial charge in [0, 0.05) is 0 Å². The van der Waals surface area contributed by atoms with Gasteiger partial charge in [0.05, 0.1) is 25.9 Å². The molecule has 0 aromatic heterocycles. The first-order valence-electron chi connectivity index (χ1n) is 4.90. The van der Waals surface area contributed by atoms with Crippen LogP contribution in [0.4, 0.5) is 0 Å². The smallest absolute Gasteiger partial charge is 0.119 e. The van der Waals surface area contributed by atoms with Crippen molar-refractivity contribution in [2.45, 2.75) is 19.6 Å². The third-order valence-electron chi connectivity index (χ3n) is 2.38. The van der Waals surface area contributed by atoms with Crippen LogP contribution in [-0.2, 0) is 11.3 Å². The first kappa shape index (κ1) is 9.49. The third-order valence-corrected chi connectivity index (χ3v) is 2.38. The van der Waals surface area contributed by atoms with Gasteiger partial charge in [0.25, 0.3) is 0 Å². The molecule has 0 amide bonds. The monoisotopic (exact) mass is 193 g/mol. The molecule has 0 fully saturated rings. The van der Waals surface area contributed by atoms with E-state index in [9.17, 15) is 0 Å². The molecule has 0 unspecified atom stereocenters. The Kier molecular flexibility index (Phi) is 2.70. The van der Waals surface area contributed by atoms with Crippen LogP contribution in [0.5, 0.6) is 5.75 Å². The van der Waals surface area contributed by atoms with Crippen molar-refractivity contribution in [1.82, 2.24) is 0 Å². The van der Waals surface area contributed by atoms with E-state index in [1.54, 1.807) is 0 Å². The van der Waals surface area contributed by atoms with Crippen molar-refractivity contribution >= 4 is 0 Å². The molecule has 0 saturated carbocycles. The van der Waals surface area contributed by atoms with E-state index < -0.39 is 0 Å². The Balaban J connectivity index is 2.31. The Morgan fingerprint density at radius 3 is 3.21 bits per heavy atom. The molecular formula is C11H15NO2. The summed E-state index contributed by atoms with van der Waals surface area (Å²) in [6.07, 6.45) is 0. The van der Waals surface area contributed by atoms with E-state index in [1.165, 1.54) is 5.56 Å². The maximum atomic E-state index is 5.93. The van der Waals surface area contributed by atoms with E-state index in [4.69, 9.17) is 15.2 Å². The summed E-state index contributed by atoms with van der Waals surface area (Å²) in [7, 11) is 0. The summed E-state index contributed by atoms with van der Waals surface area (Å²) in [5.41, 5.74) is 8.26. The number of ether oxygens (including phenoxy) is 2. The normalized spacial score (nSPS) is 20.3. The average molecular weight is 193 g/mol. The molecule has 14 heavy (non-hydrogen) atoms. The summed E-state index contributed by atoms with van der Waals surface area (Å²) < 4.78 is 10.8. The summed E-state index contributed by atoms with van der Waals surface area (Å²) in [5.74, 6) is 0.892. The molecule has 0 bridgehead atoms. The number of nitrogens with two attached hydrogens (primary N) is 1. The van der Waals surface area contributed by atoms with Crippen molar-refractivity contribution in [1.29, 1.82) is 0 Å². The largest absolute Gasteiger partial charge is 0.494 e. The van der Waals surface area contributed by atoms with Gasteiger partial charge in [-0.2, -0.15) is 0 Å². The molecular weight excluding hydrogens is 178 g/mol. The van der Waals surface area contributed by atoms with Crippen LogP contribution >= 0.6 is 0 Å². The summed E-state index contributed by atoms with van der Waals surface area (Å²) in [6, 6.07) is 5.99. The fourth-order valence-corrected chi connectivity index (χ4v) is 1.69. The molecule has 1 aliphatic heterocycles. The fraction of sp³-hybridized carbons (Fsp3) is 0.455. The van der Waals surface area contributed by atoms with Crippen molar-refractivity contribution in [3.8, 4) is 5.75 Å². The molecule has 2 N–H and O–H groups in total. The van der Waals surface area contributed by atoms with Crippen LogP contribution in [0.3, 0.4) is 0 Å². The highest BCUT2D eigenvalue weighted by Crippen LogP contribution is 2.26. The molecule has 1 aliphatic rings. The second-order valence-electron chi connectivity index (χ2n) is 3.42. The van der Waals surface area contributed by atoms with Crippen LogP contribution in [0.25, 0.3) is 0 Å². The minimum atomic E-state index is -0.0147. The Bertz CT molecular complexity index is 325.